The number of anilines is 1. The molecule has 1 aromatic carbocycles. The maximum Gasteiger partial charge on any atom is 0.320 e. The molecule has 1 atom stereocenters. The van der Waals surface area contributed by atoms with Crippen LogP contribution in [0.1, 0.15) is 24.8 Å². The molecular formula is C14H19FN2O2. The Hall–Kier alpha value is -1.62. The van der Waals surface area contributed by atoms with Crippen LogP contribution in [0.5, 0.6) is 0 Å². The molecule has 0 bridgehead atoms. The Bertz CT molecular complexity index is 459. The van der Waals surface area contributed by atoms with Crippen LogP contribution in [0.4, 0.5) is 10.1 Å². The first-order valence-electron chi connectivity index (χ1n) is 6.59. The van der Waals surface area contributed by atoms with E-state index in [0.717, 1.165) is 31.6 Å². The van der Waals surface area contributed by atoms with Gasteiger partial charge in [0.1, 0.15) is 11.9 Å². The van der Waals surface area contributed by atoms with Crippen molar-refractivity contribution in [3.05, 3.63) is 29.6 Å². The molecule has 19 heavy (non-hydrogen) atoms. The summed E-state index contributed by atoms with van der Waals surface area (Å²) >= 11 is 0. The van der Waals surface area contributed by atoms with Gasteiger partial charge >= 0.3 is 5.97 Å². The van der Waals surface area contributed by atoms with E-state index >= 15 is 0 Å². The highest BCUT2D eigenvalue weighted by atomic mass is 19.1. The molecule has 4 nitrogen and oxygen atoms in total. The molecule has 1 aliphatic rings. The fourth-order valence-electron chi connectivity index (χ4n) is 2.49. The predicted molar refractivity (Wildman–Crippen MR) is 71.8 cm³/mol. The van der Waals surface area contributed by atoms with Gasteiger partial charge in [0.2, 0.25) is 0 Å². The van der Waals surface area contributed by atoms with Gasteiger partial charge in [-0.3, -0.25) is 4.79 Å². The molecular weight excluding hydrogens is 247 g/mol. The molecule has 0 amide bonds. The van der Waals surface area contributed by atoms with Gasteiger partial charge in [0.25, 0.3) is 0 Å². The van der Waals surface area contributed by atoms with E-state index < -0.39 is 12.0 Å². The van der Waals surface area contributed by atoms with Crippen molar-refractivity contribution in [3.63, 3.8) is 0 Å². The van der Waals surface area contributed by atoms with E-state index in [1.165, 1.54) is 18.6 Å². The Labute approximate surface area is 112 Å². The normalized spacial score (nSPS) is 17.3. The largest absolute Gasteiger partial charge is 0.480 e. The van der Waals surface area contributed by atoms with Crippen LogP contribution < -0.4 is 10.6 Å². The van der Waals surface area contributed by atoms with Crippen LogP contribution in [0.25, 0.3) is 0 Å². The molecule has 0 saturated carbocycles. The van der Waals surface area contributed by atoms with Crippen LogP contribution in [0.15, 0.2) is 18.2 Å². The molecule has 1 aliphatic heterocycles. The summed E-state index contributed by atoms with van der Waals surface area (Å²) in [6.45, 7) is 1.86. The summed E-state index contributed by atoms with van der Waals surface area (Å²) in [5.41, 5.74) is 7.15. The zero-order valence-corrected chi connectivity index (χ0v) is 10.8. The van der Waals surface area contributed by atoms with Crippen molar-refractivity contribution < 1.29 is 14.3 Å². The van der Waals surface area contributed by atoms with Crippen molar-refractivity contribution in [2.75, 3.05) is 18.0 Å². The van der Waals surface area contributed by atoms with Crippen LogP contribution >= 0.6 is 0 Å². The molecule has 5 heteroatoms. The molecule has 2 rings (SSSR count). The lowest BCUT2D eigenvalue weighted by Gasteiger charge is -2.31. The van der Waals surface area contributed by atoms with Gasteiger partial charge in [-0.25, -0.2) is 4.39 Å². The number of rotatable bonds is 4. The average molecular weight is 266 g/mol. The number of carboxylic acids is 1. The number of hydrogen-bond acceptors (Lipinski definition) is 3. The van der Waals surface area contributed by atoms with Crippen LogP contribution in [0.2, 0.25) is 0 Å². The number of carboxylic acid groups (broad SMARTS) is 1. The van der Waals surface area contributed by atoms with Gasteiger partial charge in [0.05, 0.1) is 0 Å². The van der Waals surface area contributed by atoms with Crippen molar-refractivity contribution in [2.45, 2.75) is 31.7 Å². The molecule has 1 unspecified atom stereocenters. The fraction of sp³-hybridized carbons (Fsp3) is 0.500. The monoisotopic (exact) mass is 266 g/mol. The Morgan fingerprint density at radius 3 is 2.68 bits per heavy atom. The number of nitrogens with zero attached hydrogens (tertiary/aromatic N) is 1. The number of hydrogen-bond donors (Lipinski definition) is 2. The molecule has 104 valence electrons. The molecule has 1 aromatic rings. The molecule has 1 saturated heterocycles. The Kier molecular flexibility index (Phi) is 4.37. The quantitative estimate of drug-likeness (QED) is 0.871. The van der Waals surface area contributed by atoms with Crippen molar-refractivity contribution in [3.8, 4) is 0 Å². The van der Waals surface area contributed by atoms with Gasteiger partial charge in [-0.1, -0.05) is 0 Å². The Balaban J connectivity index is 2.24. The predicted octanol–water partition coefficient (Wildman–Crippen LogP) is 1.77. The molecule has 0 aromatic heterocycles. The maximum absolute atomic E-state index is 13.4. The van der Waals surface area contributed by atoms with Crippen LogP contribution in [0.3, 0.4) is 0 Å². The van der Waals surface area contributed by atoms with Crippen molar-refractivity contribution in [1.29, 1.82) is 0 Å². The zero-order chi connectivity index (χ0) is 13.8. The SMILES string of the molecule is NC(Cc1cc(F)ccc1N1CCCCC1)C(=O)O. The minimum absolute atomic E-state index is 0.152. The highest BCUT2D eigenvalue weighted by molar-refractivity contribution is 5.74. The van der Waals surface area contributed by atoms with E-state index in [-0.39, 0.29) is 12.2 Å². The first-order chi connectivity index (χ1) is 9.08. The first kappa shape index (κ1) is 13.8. The van der Waals surface area contributed by atoms with Crippen molar-refractivity contribution >= 4 is 11.7 Å². The number of halogens is 1. The number of nitrogens with two attached hydrogens (primary N) is 1. The highest BCUT2D eigenvalue weighted by Gasteiger charge is 2.19. The van der Waals surface area contributed by atoms with Crippen LogP contribution in [-0.2, 0) is 11.2 Å². The fourth-order valence-corrected chi connectivity index (χ4v) is 2.49. The van der Waals surface area contributed by atoms with Gasteiger partial charge in [0, 0.05) is 25.2 Å². The highest BCUT2D eigenvalue weighted by Crippen LogP contribution is 2.26. The van der Waals surface area contributed by atoms with Gasteiger partial charge in [-0.15, -0.1) is 0 Å². The van der Waals surface area contributed by atoms with Gasteiger partial charge in [-0.05, 0) is 43.0 Å². The van der Waals surface area contributed by atoms with Crippen molar-refractivity contribution in [1.82, 2.24) is 0 Å². The molecule has 1 fully saturated rings. The smallest absolute Gasteiger partial charge is 0.320 e. The Morgan fingerprint density at radius 2 is 2.05 bits per heavy atom. The summed E-state index contributed by atoms with van der Waals surface area (Å²) in [5, 5.41) is 8.88. The standard InChI is InChI=1S/C14H19FN2O2/c15-11-4-5-13(17-6-2-1-3-7-17)10(8-11)9-12(16)14(18)19/h4-5,8,12H,1-3,6-7,9,16H2,(H,18,19). The van der Waals surface area contributed by atoms with E-state index in [1.807, 2.05) is 0 Å². The van der Waals surface area contributed by atoms with E-state index in [9.17, 15) is 9.18 Å². The van der Waals surface area contributed by atoms with Crippen LogP contribution in [-0.4, -0.2) is 30.2 Å². The first-order valence-corrected chi connectivity index (χ1v) is 6.59. The topological polar surface area (TPSA) is 66.6 Å². The molecule has 1 heterocycles. The molecule has 0 radical (unpaired) electrons. The maximum atomic E-state index is 13.4. The third kappa shape index (κ3) is 3.44. The lowest BCUT2D eigenvalue weighted by Crippen LogP contribution is -2.34. The molecule has 3 N–H and O–H groups in total. The summed E-state index contributed by atoms with van der Waals surface area (Å²) in [7, 11) is 0. The number of piperidine rings is 1. The summed E-state index contributed by atoms with van der Waals surface area (Å²) in [5.74, 6) is -1.41. The number of benzene rings is 1. The van der Waals surface area contributed by atoms with Gasteiger partial charge in [-0.2, -0.15) is 0 Å². The lowest BCUT2D eigenvalue weighted by molar-refractivity contribution is -0.138. The van der Waals surface area contributed by atoms with Crippen molar-refractivity contribution in [2.24, 2.45) is 5.73 Å². The third-order valence-electron chi connectivity index (χ3n) is 3.50. The summed E-state index contributed by atoms with van der Waals surface area (Å²) in [6, 6.07) is 3.54. The van der Waals surface area contributed by atoms with Gasteiger partial charge in [0.15, 0.2) is 0 Å². The van der Waals surface area contributed by atoms with E-state index in [4.69, 9.17) is 10.8 Å². The second-order valence-electron chi connectivity index (χ2n) is 4.97. The minimum atomic E-state index is -1.06. The second-order valence-corrected chi connectivity index (χ2v) is 4.97. The van der Waals surface area contributed by atoms with Gasteiger partial charge < -0.3 is 15.7 Å². The summed E-state index contributed by atoms with van der Waals surface area (Å²) in [6.07, 6.45) is 3.59. The zero-order valence-electron chi connectivity index (χ0n) is 10.8. The summed E-state index contributed by atoms with van der Waals surface area (Å²) < 4.78 is 13.4. The average Bonchev–Trinajstić information content (AvgIpc) is 2.39. The molecule has 0 aliphatic carbocycles. The second kappa shape index (κ2) is 6.02. The Morgan fingerprint density at radius 1 is 1.37 bits per heavy atom. The van der Waals surface area contributed by atoms with Crippen LogP contribution in [0, 0.1) is 5.82 Å². The van der Waals surface area contributed by atoms with E-state index in [0.29, 0.717) is 5.56 Å². The number of aliphatic carboxylic acids is 1. The van der Waals surface area contributed by atoms with E-state index in [2.05, 4.69) is 4.90 Å². The number of carbonyl (C=O) groups is 1. The lowest BCUT2D eigenvalue weighted by atomic mass is 10.0. The third-order valence-corrected chi connectivity index (χ3v) is 3.50. The summed E-state index contributed by atoms with van der Waals surface area (Å²) in [4.78, 5) is 13.0. The molecule has 0 spiro atoms. The minimum Gasteiger partial charge on any atom is -0.480 e. The van der Waals surface area contributed by atoms with E-state index in [1.54, 1.807) is 6.07 Å².